The van der Waals surface area contributed by atoms with E-state index in [-0.39, 0.29) is 5.41 Å². The minimum atomic E-state index is 0.265. The summed E-state index contributed by atoms with van der Waals surface area (Å²) in [6.07, 6.45) is 0. The molecule has 2 heteroatoms. The average Bonchev–Trinajstić information content (AvgIpc) is 2.42. The molecule has 1 aromatic heterocycles. The third kappa shape index (κ3) is 2.04. The second-order valence-electron chi connectivity index (χ2n) is 5.32. The fraction of sp³-hybridized carbons (Fsp3) is 0.462. The Kier molecular flexibility index (Phi) is 2.29. The number of fused-ring (bicyclic) bond motifs is 1. The Bertz CT molecular complexity index is 475. The molecule has 0 saturated heterocycles. The summed E-state index contributed by atoms with van der Waals surface area (Å²) in [7, 11) is 0. The molecule has 0 spiro atoms. The number of nitrogens with zero attached hydrogens (tertiary/aromatic N) is 2. The zero-order valence-electron chi connectivity index (χ0n) is 9.91. The summed E-state index contributed by atoms with van der Waals surface area (Å²) in [5, 5.41) is 5.86. The SMILES string of the molecule is Cc1nn(CC(C)(C)C)c2ccccc12. The molecule has 2 rings (SSSR count). The van der Waals surface area contributed by atoms with E-state index in [0.717, 1.165) is 12.2 Å². The fourth-order valence-corrected chi connectivity index (χ4v) is 1.86. The molecular weight excluding hydrogens is 184 g/mol. The van der Waals surface area contributed by atoms with Crippen molar-refractivity contribution in [1.29, 1.82) is 0 Å². The Morgan fingerprint density at radius 2 is 1.87 bits per heavy atom. The van der Waals surface area contributed by atoms with Crippen LogP contribution in [0.15, 0.2) is 24.3 Å². The van der Waals surface area contributed by atoms with E-state index in [2.05, 4.69) is 61.7 Å². The zero-order valence-corrected chi connectivity index (χ0v) is 9.91. The first-order chi connectivity index (χ1) is 6.97. The van der Waals surface area contributed by atoms with Crippen LogP contribution in [0, 0.1) is 12.3 Å². The van der Waals surface area contributed by atoms with Crippen LogP contribution in [0.2, 0.25) is 0 Å². The molecule has 15 heavy (non-hydrogen) atoms. The standard InChI is InChI=1S/C13H18N2/c1-10-11-7-5-6-8-12(11)15(14-10)9-13(2,3)4/h5-8H,9H2,1-4H3. The summed E-state index contributed by atoms with van der Waals surface area (Å²) in [6.45, 7) is 9.74. The maximum atomic E-state index is 4.59. The molecule has 0 atom stereocenters. The first kappa shape index (κ1) is 10.2. The maximum Gasteiger partial charge on any atom is 0.0685 e. The van der Waals surface area contributed by atoms with Crippen LogP contribution in [0.5, 0.6) is 0 Å². The Hall–Kier alpha value is -1.31. The van der Waals surface area contributed by atoms with Gasteiger partial charge in [-0.1, -0.05) is 39.0 Å². The lowest BCUT2D eigenvalue weighted by molar-refractivity contribution is 0.330. The largest absolute Gasteiger partial charge is 0.264 e. The Labute approximate surface area is 90.9 Å². The fourth-order valence-electron chi connectivity index (χ4n) is 1.86. The number of para-hydroxylation sites is 1. The van der Waals surface area contributed by atoms with Gasteiger partial charge in [0.1, 0.15) is 0 Å². The van der Waals surface area contributed by atoms with Crippen LogP contribution in [0.3, 0.4) is 0 Å². The van der Waals surface area contributed by atoms with Crippen molar-refractivity contribution in [2.75, 3.05) is 0 Å². The Morgan fingerprint density at radius 3 is 2.53 bits per heavy atom. The van der Waals surface area contributed by atoms with Crippen molar-refractivity contribution in [3.63, 3.8) is 0 Å². The quantitative estimate of drug-likeness (QED) is 0.693. The van der Waals surface area contributed by atoms with Crippen molar-refractivity contribution < 1.29 is 0 Å². The smallest absolute Gasteiger partial charge is 0.0685 e. The molecule has 0 bridgehead atoms. The molecule has 80 valence electrons. The third-order valence-corrected chi connectivity index (χ3v) is 2.47. The highest BCUT2D eigenvalue weighted by Gasteiger charge is 2.14. The van der Waals surface area contributed by atoms with Gasteiger partial charge in [-0.05, 0) is 18.4 Å². The molecule has 0 amide bonds. The van der Waals surface area contributed by atoms with Crippen molar-refractivity contribution >= 4 is 10.9 Å². The van der Waals surface area contributed by atoms with E-state index in [0.29, 0.717) is 0 Å². The van der Waals surface area contributed by atoms with Gasteiger partial charge in [-0.15, -0.1) is 0 Å². The average molecular weight is 202 g/mol. The van der Waals surface area contributed by atoms with Crippen LogP contribution >= 0.6 is 0 Å². The number of hydrogen-bond donors (Lipinski definition) is 0. The molecule has 2 aromatic rings. The van der Waals surface area contributed by atoms with E-state index < -0.39 is 0 Å². The molecule has 0 saturated carbocycles. The molecule has 1 aromatic carbocycles. The minimum absolute atomic E-state index is 0.265. The highest BCUT2D eigenvalue weighted by Crippen LogP contribution is 2.22. The molecule has 1 heterocycles. The maximum absolute atomic E-state index is 4.59. The second kappa shape index (κ2) is 3.37. The van der Waals surface area contributed by atoms with Gasteiger partial charge < -0.3 is 0 Å². The predicted octanol–water partition coefficient (Wildman–Crippen LogP) is 3.39. The van der Waals surface area contributed by atoms with Gasteiger partial charge in [0.05, 0.1) is 11.2 Å². The molecule has 0 fully saturated rings. The summed E-state index contributed by atoms with van der Waals surface area (Å²) in [4.78, 5) is 0. The first-order valence-electron chi connectivity index (χ1n) is 5.39. The van der Waals surface area contributed by atoms with Gasteiger partial charge in [0.25, 0.3) is 0 Å². The van der Waals surface area contributed by atoms with Crippen LogP contribution in [0.4, 0.5) is 0 Å². The van der Waals surface area contributed by atoms with E-state index in [1.54, 1.807) is 0 Å². The monoisotopic (exact) mass is 202 g/mol. The molecule has 0 aliphatic heterocycles. The van der Waals surface area contributed by atoms with Crippen molar-refractivity contribution in [2.24, 2.45) is 5.41 Å². The summed E-state index contributed by atoms with van der Waals surface area (Å²) in [5.74, 6) is 0. The van der Waals surface area contributed by atoms with E-state index in [1.807, 2.05) is 0 Å². The van der Waals surface area contributed by atoms with Crippen LogP contribution in [-0.4, -0.2) is 9.78 Å². The number of aromatic nitrogens is 2. The van der Waals surface area contributed by atoms with Gasteiger partial charge in [0.15, 0.2) is 0 Å². The van der Waals surface area contributed by atoms with Crippen LogP contribution < -0.4 is 0 Å². The topological polar surface area (TPSA) is 17.8 Å². The van der Waals surface area contributed by atoms with Gasteiger partial charge in [-0.3, -0.25) is 4.68 Å². The van der Waals surface area contributed by atoms with Crippen molar-refractivity contribution in [3.05, 3.63) is 30.0 Å². The molecule has 0 N–H and O–H groups in total. The summed E-state index contributed by atoms with van der Waals surface area (Å²) in [6, 6.07) is 8.42. The molecule has 0 aliphatic carbocycles. The number of rotatable bonds is 1. The van der Waals surface area contributed by atoms with Gasteiger partial charge in [0, 0.05) is 11.9 Å². The Balaban J connectivity index is 2.53. The molecular formula is C13H18N2. The zero-order chi connectivity index (χ0) is 11.1. The van der Waals surface area contributed by atoms with Crippen LogP contribution in [0.25, 0.3) is 10.9 Å². The van der Waals surface area contributed by atoms with Crippen LogP contribution in [0.1, 0.15) is 26.5 Å². The molecule has 0 radical (unpaired) electrons. The van der Waals surface area contributed by atoms with E-state index in [1.165, 1.54) is 10.9 Å². The van der Waals surface area contributed by atoms with Gasteiger partial charge in [-0.2, -0.15) is 5.10 Å². The summed E-state index contributed by atoms with van der Waals surface area (Å²) in [5.41, 5.74) is 2.63. The van der Waals surface area contributed by atoms with Gasteiger partial charge in [-0.25, -0.2) is 0 Å². The van der Waals surface area contributed by atoms with Crippen molar-refractivity contribution in [1.82, 2.24) is 9.78 Å². The van der Waals surface area contributed by atoms with E-state index in [4.69, 9.17) is 0 Å². The van der Waals surface area contributed by atoms with E-state index >= 15 is 0 Å². The van der Waals surface area contributed by atoms with E-state index in [9.17, 15) is 0 Å². The van der Waals surface area contributed by atoms with Gasteiger partial charge in [0.2, 0.25) is 0 Å². The first-order valence-corrected chi connectivity index (χ1v) is 5.39. The normalized spacial score (nSPS) is 12.3. The predicted molar refractivity (Wildman–Crippen MR) is 63.9 cm³/mol. The number of aryl methyl sites for hydroxylation is 1. The lowest BCUT2D eigenvalue weighted by Crippen LogP contribution is -2.16. The van der Waals surface area contributed by atoms with Crippen LogP contribution in [-0.2, 0) is 6.54 Å². The third-order valence-electron chi connectivity index (χ3n) is 2.47. The summed E-state index contributed by atoms with van der Waals surface area (Å²) >= 11 is 0. The number of hydrogen-bond acceptors (Lipinski definition) is 1. The lowest BCUT2D eigenvalue weighted by Gasteiger charge is -2.18. The number of benzene rings is 1. The molecule has 0 unspecified atom stereocenters. The lowest BCUT2D eigenvalue weighted by atomic mass is 9.97. The molecule has 2 nitrogen and oxygen atoms in total. The van der Waals surface area contributed by atoms with Crippen molar-refractivity contribution in [2.45, 2.75) is 34.2 Å². The minimum Gasteiger partial charge on any atom is -0.264 e. The van der Waals surface area contributed by atoms with Gasteiger partial charge >= 0.3 is 0 Å². The van der Waals surface area contributed by atoms with Crippen molar-refractivity contribution in [3.8, 4) is 0 Å². The Morgan fingerprint density at radius 1 is 1.20 bits per heavy atom. The highest BCUT2D eigenvalue weighted by molar-refractivity contribution is 5.81. The summed E-state index contributed by atoms with van der Waals surface area (Å²) < 4.78 is 2.12. The second-order valence-corrected chi connectivity index (χ2v) is 5.32. The highest BCUT2D eigenvalue weighted by atomic mass is 15.3. The molecule has 0 aliphatic rings.